The summed E-state index contributed by atoms with van der Waals surface area (Å²) in [6.45, 7) is 5.39. The highest BCUT2D eigenvalue weighted by atomic mass is 32.1. The van der Waals surface area contributed by atoms with Gasteiger partial charge in [-0.25, -0.2) is 4.98 Å². The van der Waals surface area contributed by atoms with Crippen LogP contribution in [-0.4, -0.2) is 50.2 Å². The highest BCUT2D eigenvalue weighted by Gasteiger charge is 2.24. The van der Waals surface area contributed by atoms with Crippen LogP contribution in [0.3, 0.4) is 0 Å². The Labute approximate surface area is 120 Å². The topological polar surface area (TPSA) is 31.4 Å². The fourth-order valence-electron chi connectivity index (χ4n) is 2.63. The zero-order valence-electron chi connectivity index (χ0n) is 12.6. The molecule has 108 valence electrons. The van der Waals surface area contributed by atoms with E-state index in [1.165, 1.54) is 28.5 Å². The smallest absolute Gasteiger partial charge is 0.185 e. The molecule has 1 fully saturated rings. The van der Waals surface area contributed by atoms with Crippen LogP contribution >= 0.6 is 11.3 Å². The fourth-order valence-corrected chi connectivity index (χ4v) is 3.83. The molecule has 1 atom stereocenters. The summed E-state index contributed by atoms with van der Waals surface area (Å²) in [6, 6.07) is 0.662. The Hall–Kier alpha value is -0.650. The SMILES string of the molecule is CCc1nc(N2CCCC(N(C)C)C2)sc1CNC. The van der Waals surface area contributed by atoms with E-state index >= 15 is 0 Å². The van der Waals surface area contributed by atoms with E-state index in [1.54, 1.807) is 0 Å². The van der Waals surface area contributed by atoms with E-state index in [0.29, 0.717) is 6.04 Å². The third-order valence-corrected chi connectivity index (χ3v) is 4.99. The lowest BCUT2D eigenvalue weighted by molar-refractivity contribution is 0.258. The summed E-state index contributed by atoms with van der Waals surface area (Å²) in [6.07, 6.45) is 3.60. The largest absolute Gasteiger partial charge is 0.347 e. The van der Waals surface area contributed by atoms with Gasteiger partial charge in [0, 0.05) is 30.6 Å². The first-order valence-electron chi connectivity index (χ1n) is 7.20. The van der Waals surface area contributed by atoms with Gasteiger partial charge in [-0.15, -0.1) is 11.3 Å². The molecule has 0 saturated carbocycles. The Morgan fingerprint density at radius 3 is 2.89 bits per heavy atom. The molecule has 19 heavy (non-hydrogen) atoms. The van der Waals surface area contributed by atoms with E-state index in [-0.39, 0.29) is 0 Å². The molecule has 0 aromatic carbocycles. The summed E-state index contributed by atoms with van der Waals surface area (Å²) < 4.78 is 0. The molecule has 2 heterocycles. The molecule has 1 N–H and O–H groups in total. The van der Waals surface area contributed by atoms with Gasteiger partial charge in [0.15, 0.2) is 5.13 Å². The third kappa shape index (κ3) is 3.46. The normalized spacial score (nSPS) is 20.3. The lowest BCUT2D eigenvalue weighted by atomic mass is 10.1. The van der Waals surface area contributed by atoms with Crippen molar-refractivity contribution in [2.24, 2.45) is 0 Å². The van der Waals surface area contributed by atoms with Crippen molar-refractivity contribution in [3.63, 3.8) is 0 Å². The number of hydrogen-bond acceptors (Lipinski definition) is 5. The summed E-state index contributed by atoms with van der Waals surface area (Å²) in [5.74, 6) is 0. The Morgan fingerprint density at radius 2 is 2.26 bits per heavy atom. The molecular weight excluding hydrogens is 256 g/mol. The van der Waals surface area contributed by atoms with E-state index in [4.69, 9.17) is 4.98 Å². The average molecular weight is 282 g/mol. The Morgan fingerprint density at radius 1 is 1.47 bits per heavy atom. The predicted octanol–water partition coefficient (Wildman–Crippen LogP) is 1.96. The van der Waals surface area contributed by atoms with Gasteiger partial charge in [0.25, 0.3) is 0 Å². The standard InChI is InChI=1S/C14H26N4S/c1-5-12-13(9-15-2)19-14(16-12)18-8-6-7-11(10-18)17(3)4/h11,15H,5-10H2,1-4H3. The maximum Gasteiger partial charge on any atom is 0.185 e. The van der Waals surface area contributed by atoms with Crippen LogP contribution in [-0.2, 0) is 13.0 Å². The van der Waals surface area contributed by atoms with Gasteiger partial charge in [0.2, 0.25) is 0 Å². The van der Waals surface area contributed by atoms with Gasteiger partial charge in [-0.05, 0) is 40.4 Å². The van der Waals surface area contributed by atoms with Crippen molar-refractivity contribution in [1.82, 2.24) is 15.2 Å². The van der Waals surface area contributed by atoms with E-state index in [1.807, 2.05) is 18.4 Å². The molecule has 0 spiro atoms. The number of likely N-dealkylation sites (N-methyl/N-ethyl adjacent to an activating group) is 1. The molecule has 1 aromatic heterocycles. The number of thiazole rings is 1. The molecular formula is C14H26N4S. The lowest BCUT2D eigenvalue weighted by Gasteiger charge is -2.35. The molecule has 1 aliphatic heterocycles. The molecule has 4 nitrogen and oxygen atoms in total. The molecule has 1 unspecified atom stereocenters. The van der Waals surface area contributed by atoms with Gasteiger partial charge in [-0.2, -0.15) is 0 Å². The predicted molar refractivity (Wildman–Crippen MR) is 83.2 cm³/mol. The molecule has 1 saturated heterocycles. The van der Waals surface area contributed by atoms with Gasteiger partial charge >= 0.3 is 0 Å². The number of aromatic nitrogens is 1. The Bertz CT molecular complexity index is 402. The van der Waals surface area contributed by atoms with Gasteiger partial charge in [0.1, 0.15) is 0 Å². The number of rotatable bonds is 5. The van der Waals surface area contributed by atoms with Crippen molar-refractivity contribution in [2.45, 2.75) is 38.8 Å². The first kappa shape index (κ1) is 14.8. The van der Waals surface area contributed by atoms with Crippen molar-refractivity contribution in [3.8, 4) is 0 Å². The summed E-state index contributed by atoms with van der Waals surface area (Å²) >= 11 is 1.86. The zero-order chi connectivity index (χ0) is 13.8. The molecule has 0 amide bonds. The second-order valence-corrected chi connectivity index (χ2v) is 6.52. The molecule has 0 bridgehead atoms. The average Bonchev–Trinajstić information content (AvgIpc) is 2.82. The van der Waals surface area contributed by atoms with Crippen LogP contribution in [0.15, 0.2) is 0 Å². The minimum atomic E-state index is 0.662. The molecule has 5 heteroatoms. The Kier molecular flexibility index (Phi) is 5.19. The van der Waals surface area contributed by atoms with Gasteiger partial charge in [-0.1, -0.05) is 6.92 Å². The monoisotopic (exact) mass is 282 g/mol. The van der Waals surface area contributed by atoms with Crippen LogP contribution in [0.2, 0.25) is 0 Å². The minimum absolute atomic E-state index is 0.662. The van der Waals surface area contributed by atoms with Crippen molar-refractivity contribution in [2.75, 3.05) is 39.1 Å². The number of hydrogen-bond donors (Lipinski definition) is 1. The lowest BCUT2D eigenvalue weighted by Crippen LogP contribution is -2.45. The quantitative estimate of drug-likeness (QED) is 0.894. The molecule has 1 aliphatic rings. The summed E-state index contributed by atoms with van der Waals surface area (Å²) in [5.41, 5.74) is 1.27. The number of nitrogens with one attached hydrogen (secondary N) is 1. The summed E-state index contributed by atoms with van der Waals surface area (Å²) in [4.78, 5) is 11.1. The van der Waals surface area contributed by atoms with Crippen LogP contribution < -0.4 is 10.2 Å². The van der Waals surface area contributed by atoms with Gasteiger partial charge in [0.05, 0.1) is 5.69 Å². The van der Waals surface area contributed by atoms with Gasteiger partial charge < -0.3 is 15.1 Å². The summed E-state index contributed by atoms with van der Waals surface area (Å²) in [7, 11) is 6.36. The molecule has 0 radical (unpaired) electrons. The zero-order valence-corrected chi connectivity index (χ0v) is 13.4. The van der Waals surface area contributed by atoms with Crippen LogP contribution in [0.5, 0.6) is 0 Å². The third-order valence-electron chi connectivity index (χ3n) is 3.84. The number of aryl methyl sites for hydroxylation is 1. The van der Waals surface area contributed by atoms with E-state index in [9.17, 15) is 0 Å². The van der Waals surface area contributed by atoms with Crippen LogP contribution in [0.4, 0.5) is 5.13 Å². The molecule has 0 aliphatic carbocycles. The first-order valence-corrected chi connectivity index (χ1v) is 8.01. The van der Waals surface area contributed by atoms with Crippen molar-refractivity contribution in [1.29, 1.82) is 0 Å². The number of nitrogens with zero attached hydrogens (tertiary/aromatic N) is 3. The Balaban J connectivity index is 2.12. The number of anilines is 1. The minimum Gasteiger partial charge on any atom is -0.347 e. The van der Waals surface area contributed by atoms with E-state index < -0.39 is 0 Å². The van der Waals surface area contributed by atoms with E-state index in [0.717, 1.165) is 26.1 Å². The highest BCUT2D eigenvalue weighted by molar-refractivity contribution is 7.15. The molecule has 1 aromatic rings. The van der Waals surface area contributed by atoms with Crippen LogP contribution in [0.25, 0.3) is 0 Å². The van der Waals surface area contributed by atoms with E-state index in [2.05, 4.69) is 36.1 Å². The second-order valence-electron chi connectivity index (χ2n) is 5.46. The van der Waals surface area contributed by atoms with Crippen LogP contribution in [0, 0.1) is 0 Å². The van der Waals surface area contributed by atoms with Gasteiger partial charge in [-0.3, -0.25) is 0 Å². The maximum atomic E-state index is 4.85. The summed E-state index contributed by atoms with van der Waals surface area (Å²) in [5, 5.41) is 4.46. The van der Waals surface area contributed by atoms with Crippen molar-refractivity contribution in [3.05, 3.63) is 10.6 Å². The van der Waals surface area contributed by atoms with Crippen molar-refractivity contribution >= 4 is 16.5 Å². The van der Waals surface area contributed by atoms with Crippen molar-refractivity contribution < 1.29 is 0 Å². The second kappa shape index (κ2) is 6.68. The fraction of sp³-hybridized carbons (Fsp3) is 0.786. The number of piperidine rings is 1. The first-order chi connectivity index (χ1) is 9.15. The molecule has 2 rings (SSSR count). The maximum absolute atomic E-state index is 4.85. The highest BCUT2D eigenvalue weighted by Crippen LogP contribution is 2.29. The van der Waals surface area contributed by atoms with Crippen LogP contribution in [0.1, 0.15) is 30.3 Å².